The van der Waals surface area contributed by atoms with E-state index < -0.39 is 15.5 Å². The first-order valence-electron chi connectivity index (χ1n) is 8.51. The Morgan fingerprint density at radius 3 is 2.79 bits per heavy atom. The number of alkyl halides is 3. The number of carbonyl (C=O) groups excluding carboxylic acids is 1. The van der Waals surface area contributed by atoms with Gasteiger partial charge in [0.25, 0.3) is 5.91 Å². The second kappa shape index (κ2) is 7.96. The molecule has 152 valence electrons. The van der Waals surface area contributed by atoms with Crippen molar-refractivity contribution < 1.29 is 26.4 Å². The molecule has 0 saturated carbocycles. The topological polar surface area (TPSA) is 79.4 Å². The van der Waals surface area contributed by atoms with Crippen LogP contribution in [0.15, 0.2) is 34.9 Å². The molecule has 2 aromatic rings. The van der Waals surface area contributed by atoms with Gasteiger partial charge < -0.3 is 4.90 Å². The summed E-state index contributed by atoms with van der Waals surface area (Å²) in [6.07, 6.45) is 2.95. The molecule has 11 heteroatoms. The van der Waals surface area contributed by atoms with Crippen molar-refractivity contribution in [2.45, 2.75) is 30.8 Å². The molecule has 1 aliphatic heterocycles. The van der Waals surface area contributed by atoms with Crippen LogP contribution in [0, 0.1) is 0 Å². The van der Waals surface area contributed by atoms with E-state index in [1.165, 1.54) is 6.20 Å². The van der Waals surface area contributed by atoms with Gasteiger partial charge in [-0.3, -0.25) is 9.78 Å². The van der Waals surface area contributed by atoms with Crippen molar-refractivity contribution in [3.05, 3.63) is 40.5 Å². The number of likely N-dealkylation sites (tertiary alicyclic amines) is 1. The number of hydrogen-bond acceptors (Lipinski definition) is 4. The summed E-state index contributed by atoms with van der Waals surface area (Å²) in [6.45, 7) is 0.0757. The quantitative estimate of drug-likeness (QED) is 0.712. The summed E-state index contributed by atoms with van der Waals surface area (Å²) in [5, 5.41) is 0.672. The smallest absolute Gasteiger partial charge is 0.336 e. The average Bonchev–Trinajstić information content (AvgIpc) is 3.08. The summed E-state index contributed by atoms with van der Waals surface area (Å²) in [6, 6.07) is 6.66. The van der Waals surface area contributed by atoms with Crippen molar-refractivity contribution in [1.82, 2.24) is 14.6 Å². The summed E-state index contributed by atoms with van der Waals surface area (Å²) in [5.74, 6) is -0.244. The van der Waals surface area contributed by atoms with Crippen LogP contribution in [0.2, 0.25) is 0 Å². The normalized spacial score (nSPS) is 18.0. The van der Waals surface area contributed by atoms with E-state index in [4.69, 9.17) is 0 Å². The molecule has 28 heavy (non-hydrogen) atoms. The van der Waals surface area contributed by atoms with E-state index in [2.05, 4.69) is 20.9 Å². The Labute approximate surface area is 168 Å². The second-order valence-electron chi connectivity index (χ2n) is 6.45. The largest absolute Gasteiger partial charge is 0.511 e. The van der Waals surface area contributed by atoms with Gasteiger partial charge in [0.05, 0.1) is 11.1 Å². The molecule has 0 unspecified atom stereocenters. The maximum Gasteiger partial charge on any atom is 0.511 e. The summed E-state index contributed by atoms with van der Waals surface area (Å²) >= 11 is 3.37. The molecule has 1 aromatic heterocycles. The number of nitrogens with one attached hydrogen (secondary N) is 1. The zero-order valence-electron chi connectivity index (χ0n) is 14.5. The van der Waals surface area contributed by atoms with Crippen molar-refractivity contribution in [1.29, 1.82) is 0 Å². The van der Waals surface area contributed by atoms with Gasteiger partial charge in [-0.15, -0.1) is 0 Å². The molecule has 1 aliphatic rings. The number of rotatable bonds is 5. The first-order chi connectivity index (χ1) is 13.1. The minimum Gasteiger partial charge on any atom is -0.336 e. The van der Waals surface area contributed by atoms with Gasteiger partial charge in [0, 0.05) is 35.2 Å². The first kappa shape index (κ1) is 21.0. The van der Waals surface area contributed by atoms with Crippen molar-refractivity contribution in [2.24, 2.45) is 0 Å². The molecular weight excluding hydrogens is 463 g/mol. The Bertz CT molecular complexity index is 998. The molecule has 3 rings (SSSR count). The molecule has 1 fully saturated rings. The molecule has 2 heterocycles. The van der Waals surface area contributed by atoms with Gasteiger partial charge in [-0.1, -0.05) is 15.9 Å². The van der Waals surface area contributed by atoms with E-state index in [1.807, 2.05) is 6.07 Å². The molecule has 1 amide bonds. The molecule has 0 aliphatic carbocycles. The summed E-state index contributed by atoms with van der Waals surface area (Å²) in [4.78, 5) is 18.9. The van der Waals surface area contributed by atoms with Crippen molar-refractivity contribution in [2.75, 3.05) is 13.1 Å². The van der Waals surface area contributed by atoms with Gasteiger partial charge >= 0.3 is 15.5 Å². The highest BCUT2D eigenvalue weighted by Gasteiger charge is 2.45. The third-order valence-electron chi connectivity index (χ3n) is 4.65. The van der Waals surface area contributed by atoms with Crippen LogP contribution in [0.5, 0.6) is 0 Å². The van der Waals surface area contributed by atoms with Crippen LogP contribution < -0.4 is 4.72 Å². The van der Waals surface area contributed by atoms with Gasteiger partial charge in [0.1, 0.15) is 0 Å². The highest BCUT2D eigenvalue weighted by molar-refractivity contribution is 9.10. The lowest BCUT2D eigenvalue weighted by atomic mass is 10.1. The molecule has 0 radical (unpaired) electrons. The van der Waals surface area contributed by atoms with Gasteiger partial charge in [-0.25, -0.2) is 13.1 Å². The maximum atomic E-state index is 13.1. The number of carbonyl (C=O) groups is 1. The number of nitrogens with zero attached hydrogens (tertiary/aromatic N) is 2. The van der Waals surface area contributed by atoms with Crippen LogP contribution in [0.3, 0.4) is 0 Å². The Morgan fingerprint density at radius 2 is 2.07 bits per heavy atom. The molecule has 1 aromatic carbocycles. The predicted octanol–water partition coefficient (Wildman–Crippen LogP) is 3.43. The van der Waals surface area contributed by atoms with Crippen LogP contribution in [0.4, 0.5) is 13.2 Å². The van der Waals surface area contributed by atoms with Crippen molar-refractivity contribution >= 4 is 42.8 Å². The van der Waals surface area contributed by atoms with Gasteiger partial charge in [-0.2, -0.15) is 13.2 Å². The van der Waals surface area contributed by atoms with Gasteiger partial charge in [0.2, 0.25) is 0 Å². The molecule has 0 spiro atoms. The second-order valence-corrected chi connectivity index (χ2v) is 9.12. The van der Waals surface area contributed by atoms with Gasteiger partial charge in [-0.05, 0) is 43.5 Å². The van der Waals surface area contributed by atoms with Crippen LogP contribution in [-0.2, 0) is 10.0 Å². The van der Waals surface area contributed by atoms with E-state index in [0.717, 1.165) is 4.47 Å². The number of sulfonamides is 1. The van der Waals surface area contributed by atoms with Crippen molar-refractivity contribution in [3.8, 4) is 0 Å². The molecule has 1 atom stereocenters. The molecule has 1 N–H and O–H groups in total. The van der Waals surface area contributed by atoms with E-state index >= 15 is 0 Å². The fraction of sp³-hybridized carbons (Fsp3) is 0.412. The molecule has 0 bridgehead atoms. The third kappa shape index (κ3) is 4.31. The Morgan fingerprint density at radius 1 is 1.32 bits per heavy atom. The number of pyridine rings is 1. The van der Waals surface area contributed by atoms with Crippen molar-refractivity contribution in [3.63, 3.8) is 0 Å². The number of halogens is 4. The zero-order valence-corrected chi connectivity index (χ0v) is 16.9. The van der Waals surface area contributed by atoms with Crippen LogP contribution in [0.25, 0.3) is 10.9 Å². The van der Waals surface area contributed by atoms with Gasteiger partial charge in [0.15, 0.2) is 0 Å². The minimum atomic E-state index is -5.38. The van der Waals surface area contributed by atoms with E-state index in [1.54, 1.807) is 27.8 Å². The monoisotopic (exact) mass is 479 g/mol. The Hall–Kier alpha value is -1.72. The number of benzene rings is 1. The highest BCUT2D eigenvalue weighted by Crippen LogP contribution is 2.27. The lowest BCUT2D eigenvalue weighted by Crippen LogP contribution is -2.41. The highest BCUT2D eigenvalue weighted by atomic mass is 79.9. The molecule has 1 saturated heterocycles. The minimum absolute atomic E-state index is 0.105. The number of fused-ring (bicyclic) bond motifs is 1. The lowest BCUT2D eigenvalue weighted by molar-refractivity contribution is -0.0448. The summed E-state index contributed by atoms with van der Waals surface area (Å²) in [5.41, 5.74) is -4.24. The van der Waals surface area contributed by atoms with E-state index in [-0.39, 0.29) is 24.9 Å². The SMILES string of the molecule is O=C(c1ccnc2ccc(Br)cc12)N1CCC[C@@H]1CCNS(=O)(=O)C(F)(F)F. The number of aromatic nitrogens is 1. The summed E-state index contributed by atoms with van der Waals surface area (Å²) < 4.78 is 61.8. The predicted molar refractivity (Wildman–Crippen MR) is 101 cm³/mol. The van der Waals surface area contributed by atoms with Crippen LogP contribution >= 0.6 is 15.9 Å². The fourth-order valence-electron chi connectivity index (χ4n) is 3.30. The Kier molecular flexibility index (Phi) is 5.97. The van der Waals surface area contributed by atoms with E-state index in [0.29, 0.717) is 35.9 Å². The molecular formula is C17H17BrF3N3O3S. The standard InChI is InChI=1S/C17H17BrF3N3O3S/c18-11-3-4-15-14(10-11)13(6-7-22-15)16(25)24-9-1-2-12(24)5-8-23-28(26,27)17(19,20)21/h3-4,6-7,10,12,23H,1-2,5,8-9H2/t12-/m1/s1. The average molecular weight is 480 g/mol. The van der Waals surface area contributed by atoms with E-state index in [9.17, 15) is 26.4 Å². The molecule has 6 nitrogen and oxygen atoms in total. The number of hydrogen-bond donors (Lipinski definition) is 1. The number of amides is 1. The fourth-order valence-corrected chi connectivity index (χ4v) is 4.22. The van der Waals surface area contributed by atoms with Crippen LogP contribution in [0.1, 0.15) is 29.6 Å². The van der Waals surface area contributed by atoms with Crippen LogP contribution in [-0.4, -0.2) is 48.8 Å². The lowest BCUT2D eigenvalue weighted by Gasteiger charge is -2.25. The maximum absolute atomic E-state index is 13.1. The summed E-state index contributed by atoms with van der Waals surface area (Å²) in [7, 11) is -5.38. The first-order valence-corrected chi connectivity index (χ1v) is 10.8. The zero-order chi connectivity index (χ0) is 20.5. The third-order valence-corrected chi connectivity index (χ3v) is 6.33. The Balaban J connectivity index is 1.75.